The predicted molar refractivity (Wildman–Crippen MR) is 88.6 cm³/mol. The Morgan fingerprint density at radius 1 is 1.14 bits per heavy atom. The summed E-state index contributed by atoms with van der Waals surface area (Å²) in [6.07, 6.45) is 5.62. The first kappa shape index (κ1) is 18.7. The summed E-state index contributed by atoms with van der Waals surface area (Å²) < 4.78 is 34.8. The van der Waals surface area contributed by atoms with Gasteiger partial charge < -0.3 is 4.74 Å². The molecule has 124 valence electrons. The van der Waals surface area contributed by atoms with Crippen molar-refractivity contribution < 1.29 is 17.3 Å². The van der Waals surface area contributed by atoms with Crippen molar-refractivity contribution >= 4 is 10.1 Å². The van der Waals surface area contributed by atoms with Crippen LogP contribution in [-0.2, 0) is 14.3 Å². The second-order valence-corrected chi connectivity index (χ2v) is 7.33. The Morgan fingerprint density at radius 2 is 1.77 bits per heavy atom. The van der Waals surface area contributed by atoms with Crippen LogP contribution < -0.4 is 4.74 Å². The second-order valence-electron chi connectivity index (χ2n) is 5.72. The summed E-state index contributed by atoms with van der Waals surface area (Å²) in [5.41, 5.74) is -0.504. The van der Waals surface area contributed by atoms with Crippen molar-refractivity contribution in [3.05, 3.63) is 36.9 Å². The maximum Gasteiger partial charge on any atom is 0.296 e. The molecule has 5 heteroatoms. The van der Waals surface area contributed by atoms with Crippen LogP contribution in [0.1, 0.15) is 46.5 Å². The lowest BCUT2D eigenvalue weighted by atomic mass is 10.1. The number of ether oxygens (including phenoxy) is 1. The molecule has 0 aliphatic heterocycles. The van der Waals surface area contributed by atoms with E-state index in [0.717, 1.165) is 25.7 Å². The molecule has 1 rings (SSSR count). The summed E-state index contributed by atoms with van der Waals surface area (Å²) in [5.74, 6) is 0.590. The lowest BCUT2D eigenvalue weighted by Crippen LogP contribution is -2.24. The molecule has 22 heavy (non-hydrogen) atoms. The summed E-state index contributed by atoms with van der Waals surface area (Å²) in [5, 5.41) is 0. The van der Waals surface area contributed by atoms with Gasteiger partial charge in [0.1, 0.15) is 11.4 Å². The number of rotatable bonds is 10. The Kier molecular flexibility index (Phi) is 7.10. The van der Waals surface area contributed by atoms with Gasteiger partial charge in [0.05, 0.1) is 11.5 Å². The molecule has 0 spiro atoms. The van der Waals surface area contributed by atoms with Gasteiger partial charge in [-0.3, -0.25) is 4.18 Å². The third kappa shape index (κ3) is 6.20. The Hall–Kier alpha value is -1.33. The van der Waals surface area contributed by atoms with Crippen LogP contribution in [0, 0.1) is 0 Å². The molecule has 1 aromatic carbocycles. The van der Waals surface area contributed by atoms with E-state index >= 15 is 0 Å². The topological polar surface area (TPSA) is 52.6 Å². The van der Waals surface area contributed by atoms with E-state index in [-0.39, 0.29) is 11.5 Å². The van der Waals surface area contributed by atoms with Crippen molar-refractivity contribution in [2.24, 2.45) is 0 Å². The van der Waals surface area contributed by atoms with Gasteiger partial charge >= 0.3 is 0 Å². The summed E-state index contributed by atoms with van der Waals surface area (Å²) >= 11 is 0. The summed E-state index contributed by atoms with van der Waals surface area (Å²) in [6.45, 7) is 9.79. The highest BCUT2D eigenvalue weighted by Gasteiger charge is 2.17. The molecule has 0 saturated carbocycles. The van der Waals surface area contributed by atoms with Crippen LogP contribution in [0.2, 0.25) is 0 Å². The first-order valence-corrected chi connectivity index (χ1v) is 9.03. The minimum Gasteiger partial charge on any atom is -0.484 e. The van der Waals surface area contributed by atoms with Crippen LogP contribution in [-0.4, -0.2) is 20.6 Å². The molecule has 0 saturated heterocycles. The average Bonchev–Trinajstić information content (AvgIpc) is 2.47. The molecule has 0 N–H and O–H groups in total. The largest absolute Gasteiger partial charge is 0.484 e. The summed E-state index contributed by atoms with van der Waals surface area (Å²) in [6, 6.07) is 6.24. The van der Waals surface area contributed by atoms with Gasteiger partial charge in [0.25, 0.3) is 10.1 Å². The molecule has 0 amide bonds. The van der Waals surface area contributed by atoms with Crippen LogP contribution in [0.15, 0.2) is 41.8 Å². The third-order valence-electron chi connectivity index (χ3n) is 3.22. The van der Waals surface area contributed by atoms with E-state index in [4.69, 9.17) is 8.92 Å². The van der Waals surface area contributed by atoms with Crippen LogP contribution in [0.5, 0.6) is 5.75 Å². The van der Waals surface area contributed by atoms with Crippen molar-refractivity contribution in [3.8, 4) is 5.75 Å². The zero-order chi connectivity index (χ0) is 16.6. The van der Waals surface area contributed by atoms with Gasteiger partial charge in [-0.15, -0.1) is 0 Å². The number of benzene rings is 1. The van der Waals surface area contributed by atoms with Gasteiger partial charge in [-0.05, 0) is 50.6 Å². The Labute approximate surface area is 134 Å². The molecule has 0 fully saturated rings. The van der Waals surface area contributed by atoms with Gasteiger partial charge in [0, 0.05) is 0 Å². The van der Waals surface area contributed by atoms with E-state index < -0.39 is 15.7 Å². The molecule has 0 aliphatic carbocycles. The highest BCUT2D eigenvalue weighted by molar-refractivity contribution is 7.86. The normalized spacial score (nSPS) is 12.1. The number of unbranched alkanes of at least 4 members (excludes halogenated alkanes) is 3. The van der Waals surface area contributed by atoms with Gasteiger partial charge in [0.15, 0.2) is 0 Å². The highest BCUT2D eigenvalue weighted by atomic mass is 32.2. The van der Waals surface area contributed by atoms with Gasteiger partial charge in [-0.2, -0.15) is 8.42 Å². The molecule has 0 bridgehead atoms. The monoisotopic (exact) mass is 326 g/mol. The fraction of sp³-hybridized carbons (Fsp3) is 0.529. The fourth-order valence-electron chi connectivity index (χ4n) is 1.79. The fourth-order valence-corrected chi connectivity index (χ4v) is 2.73. The molecule has 0 radical (unpaired) electrons. The molecule has 0 aliphatic rings. The van der Waals surface area contributed by atoms with Crippen molar-refractivity contribution in [1.82, 2.24) is 0 Å². The molecule has 0 heterocycles. The third-order valence-corrected chi connectivity index (χ3v) is 4.55. The van der Waals surface area contributed by atoms with Crippen LogP contribution in [0.4, 0.5) is 0 Å². The van der Waals surface area contributed by atoms with Crippen molar-refractivity contribution in [2.75, 3.05) is 6.61 Å². The molecule has 4 nitrogen and oxygen atoms in total. The average molecular weight is 326 g/mol. The van der Waals surface area contributed by atoms with E-state index in [1.54, 1.807) is 18.2 Å². The van der Waals surface area contributed by atoms with E-state index in [2.05, 4.69) is 13.5 Å². The molecule has 1 aromatic rings. The minimum atomic E-state index is -3.69. The zero-order valence-electron chi connectivity index (χ0n) is 13.7. The van der Waals surface area contributed by atoms with E-state index in [1.165, 1.54) is 12.1 Å². The van der Waals surface area contributed by atoms with Crippen molar-refractivity contribution in [1.29, 1.82) is 0 Å². The van der Waals surface area contributed by atoms with E-state index in [1.807, 2.05) is 13.8 Å². The number of hydrogen-bond acceptors (Lipinski definition) is 4. The van der Waals surface area contributed by atoms with Crippen LogP contribution in [0.3, 0.4) is 0 Å². The second kappa shape index (κ2) is 8.34. The maximum atomic E-state index is 12.0. The van der Waals surface area contributed by atoms with Crippen molar-refractivity contribution in [3.63, 3.8) is 0 Å². The highest BCUT2D eigenvalue weighted by Crippen LogP contribution is 2.22. The summed E-state index contributed by atoms with van der Waals surface area (Å²) in [7, 11) is -3.69. The van der Waals surface area contributed by atoms with Gasteiger partial charge in [-0.25, -0.2) is 0 Å². The van der Waals surface area contributed by atoms with Crippen LogP contribution >= 0.6 is 0 Å². The number of hydrogen-bond donors (Lipinski definition) is 0. The predicted octanol–water partition coefficient (Wildman–Crippen LogP) is 4.32. The van der Waals surface area contributed by atoms with E-state index in [0.29, 0.717) is 5.75 Å². The summed E-state index contributed by atoms with van der Waals surface area (Å²) in [4.78, 5) is 0.145. The quantitative estimate of drug-likeness (QED) is 0.365. The lowest BCUT2D eigenvalue weighted by molar-refractivity contribution is 0.162. The van der Waals surface area contributed by atoms with Crippen LogP contribution in [0.25, 0.3) is 0 Å². The Morgan fingerprint density at radius 3 is 2.32 bits per heavy atom. The first-order chi connectivity index (χ1) is 10.3. The van der Waals surface area contributed by atoms with Gasteiger partial charge in [0.2, 0.25) is 0 Å². The van der Waals surface area contributed by atoms with Gasteiger partial charge in [-0.1, -0.05) is 32.8 Å². The molecule has 0 atom stereocenters. The lowest BCUT2D eigenvalue weighted by Gasteiger charge is -2.22. The molecule has 0 unspecified atom stereocenters. The SMILES string of the molecule is C=CC(C)(C)Oc1ccc(S(=O)(=O)OCCCCCC)cc1. The minimum absolute atomic E-state index is 0.145. The van der Waals surface area contributed by atoms with E-state index in [9.17, 15) is 8.42 Å². The maximum absolute atomic E-state index is 12.0. The Bertz CT molecular complexity index is 559. The zero-order valence-corrected chi connectivity index (χ0v) is 14.5. The van der Waals surface area contributed by atoms with Crippen molar-refractivity contribution in [2.45, 2.75) is 57.0 Å². The molecule has 0 aromatic heterocycles. The smallest absolute Gasteiger partial charge is 0.296 e. The Balaban J connectivity index is 2.63. The standard InChI is InChI=1S/C17H26O4S/c1-5-7-8-9-14-20-22(18,19)16-12-10-15(11-13-16)21-17(3,4)6-2/h6,10-13H,2,5,7-9,14H2,1,3-4H3. The first-order valence-electron chi connectivity index (χ1n) is 7.63. The molecular formula is C17H26O4S. The molecular weight excluding hydrogens is 300 g/mol.